The van der Waals surface area contributed by atoms with Gasteiger partial charge in [-0.2, -0.15) is 0 Å². The van der Waals surface area contributed by atoms with E-state index in [2.05, 4.69) is 0 Å². The Labute approximate surface area is 216 Å². The van der Waals surface area contributed by atoms with Crippen molar-refractivity contribution >= 4 is 16.8 Å². The van der Waals surface area contributed by atoms with Gasteiger partial charge in [-0.15, -0.1) is 0 Å². The van der Waals surface area contributed by atoms with E-state index in [1.54, 1.807) is 4.98 Å². The maximum atomic E-state index is 15.9. The zero-order valence-corrected chi connectivity index (χ0v) is 21.0. The monoisotopic (exact) mass is 602 g/mol. The SMILES string of the molecule is O=c1ccn([C@@H]2O[C@H](C(O)S([C@@]3(O)[C@@H](CO)O[C@@H](n4ccc(=O)[nH]c4=O)[C@@H]3F)=P(O)(O)O)[C@@H](O)[C@H]2O)c(=O)[nH]1. The molecule has 2 saturated heterocycles. The molecule has 4 rings (SSSR count). The van der Waals surface area contributed by atoms with E-state index in [1.807, 2.05) is 4.98 Å². The molecule has 0 amide bonds. The number of H-pyrrole nitrogens is 2. The second kappa shape index (κ2) is 10.6. The zero-order valence-electron chi connectivity index (χ0n) is 19.3. The van der Waals surface area contributed by atoms with Crippen LogP contribution in [0.15, 0.2) is 43.7 Å². The molecule has 2 fully saturated rings. The second-order valence-electron chi connectivity index (χ2n) is 8.58. The van der Waals surface area contributed by atoms with Crippen LogP contribution in [0, 0.1) is 0 Å². The van der Waals surface area contributed by atoms with E-state index in [1.165, 1.54) is 0 Å². The van der Waals surface area contributed by atoms with Crippen molar-refractivity contribution in [3.63, 3.8) is 0 Å². The maximum Gasteiger partial charge on any atom is 0.330 e. The molecule has 4 heterocycles. The summed E-state index contributed by atoms with van der Waals surface area (Å²) in [5, 5.41) is 53.2. The molecule has 10 N–H and O–H groups in total. The number of alkyl halides is 1. The summed E-state index contributed by atoms with van der Waals surface area (Å²) < 4.78 is 27.5. The zero-order chi connectivity index (χ0) is 29.0. The molecule has 2 aliphatic rings. The lowest BCUT2D eigenvalue weighted by Crippen LogP contribution is -2.57. The largest absolute Gasteiger partial charge is 0.394 e. The summed E-state index contributed by atoms with van der Waals surface area (Å²) in [5.74, 6) is 0. The minimum Gasteiger partial charge on any atom is -0.394 e. The first-order valence-corrected chi connectivity index (χ1v) is 14.4. The van der Waals surface area contributed by atoms with Crippen molar-refractivity contribution in [2.75, 3.05) is 6.61 Å². The van der Waals surface area contributed by atoms with Crippen LogP contribution < -0.4 is 22.5 Å². The Balaban J connectivity index is 1.77. The number of hydrogen-bond acceptors (Lipinski definition) is 11. The molecule has 0 saturated carbocycles. The summed E-state index contributed by atoms with van der Waals surface area (Å²) in [5.41, 5.74) is -6.63. The van der Waals surface area contributed by atoms with Gasteiger partial charge in [0.1, 0.15) is 29.9 Å². The molecule has 218 valence electrons. The van der Waals surface area contributed by atoms with Crippen molar-refractivity contribution in [3.8, 4) is 0 Å². The van der Waals surface area contributed by atoms with Gasteiger partial charge in [-0.1, -0.05) is 0 Å². The van der Waals surface area contributed by atoms with Gasteiger partial charge in [-0.3, -0.25) is 28.7 Å². The molecule has 0 spiro atoms. The first-order valence-electron chi connectivity index (χ1n) is 10.9. The molecule has 2 aromatic rings. The molecular weight excluding hydrogens is 578 g/mol. The van der Waals surface area contributed by atoms with Crippen LogP contribution in [0.3, 0.4) is 0 Å². The number of nitrogens with one attached hydrogen (secondary N) is 2. The number of hydrogen-bond donors (Lipinski definition) is 10. The molecule has 0 aromatic carbocycles. The van der Waals surface area contributed by atoms with E-state index in [9.17, 15) is 59.4 Å². The Morgan fingerprint density at radius 1 is 0.974 bits per heavy atom. The van der Waals surface area contributed by atoms with Gasteiger partial charge in [0.2, 0.25) is 0 Å². The fraction of sp³-hybridized carbons (Fsp3) is 0.556. The summed E-state index contributed by atoms with van der Waals surface area (Å²) in [4.78, 5) is 78.0. The molecule has 0 radical (unpaired) electrons. The Bertz CT molecular complexity index is 1530. The lowest BCUT2D eigenvalue weighted by molar-refractivity contribution is -0.0689. The lowest BCUT2D eigenvalue weighted by Gasteiger charge is -2.38. The third kappa shape index (κ3) is 5.03. The van der Waals surface area contributed by atoms with Crippen LogP contribution >= 0.6 is 6.72 Å². The number of halogens is 1. The first-order chi connectivity index (χ1) is 18.1. The van der Waals surface area contributed by atoms with Crippen molar-refractivity contribution in [1.29, 1.82) is 0 Å². The normalized spacial score (nSPS) is 34.7. The van der Waals surface area contributed by atoms with Gasteiger partial charge in [0, 0.05) is 24.5 Å². The summed E-state index contributed by atoms with van der Waals surface area (Å²) in [6.07, 6.45) is -13.6. The summed E-state index contributed by atoms with van der Waals surface area (Å²) >= 11 is 0. The molecule has 2 aromatic heterocycles. The first kappa shape index (κ1) is 29.6. The Hall–Kier alpha value is -2.33. The van der Waals surface area contributed by atoms with Crippen molar-refractivity contribution in [1.82, 2.24) is 19.1 Å². The van der Waals surface area contributed by atoms with Crippen molar-refractivity contribution in [3.05, 3.63) is 66.2 Å². The number of rotatable bonds is 6. The van der Waals surface area contributed by atoms with E-state index < -0.39 is 99.3 Å². The van der Waals surface area contributed by atoms with E-state index in [0.717, 1.165) is 24.5 Å². The Morgan fingerprint density at radius 2 is 1.49 bits per heavy atom. The lowest BCUT2D eigenvalue weighted by atomic mass is 10.1. The van der Waals surface area contributed by atoms with E-state index >= 15 is 4.39 Å². The summed E-state index contributed by atoms with van der Waals surface area (Å²) in [7, 11) is -3.20. The standard InChI is InChI=1S/C18H24FN4O14PS/c19-12-14(23-4-2-8(26)21-17(23)31)36-6(5-24)18(12,32)39(38(33,34)35)15(29)11-9(27)10(28)13(37-11)22-3-1-7(25)20-16(22)30/h1-4,6,9-15,24,27-29,32-35H,5H2,(H,20,25,30)(H,21,26,31)/t6-,9+,10-,11+,12+,13-,14-,15?,18+,39?/m1/s1. The number of nitrogens with zero attached hydrogens (tertiary/aromatic N) is 2. The summed E-state index contributed by atoms with van der Waals surface area (Å²) in [6, 6.07) is 1.66. The number of ether oxygens (including phenoxy) is 2. The highest BCUT2D eigenvalue weighted by molar-refractivity contribution is 8.28. The van der Waals surface area contributed by atoms with Crippen LogP contribution in [0.4, 0.5) is 4.39 Å². The predicted octanol–water partition coefficient (Wildman–Crippen LogP) is -5.79. The van der Waals surface area contributed by atoms with Crippen LogP contribution in [-0.4, -0.2) is 107 Å². The van der Waals surface area contributed by atoms with Crippen molar-refractivity contribution in [2.45, 2.75) is 53.4 Å². The molecule has 0 bridgehead atoms. The maximum absolute atomic E-state index is 15.9. The van der Waals surface area contributed by atoms with Crippen molar-refractivity contribution < 1.29 is 54.1 Å². The van der Waals surface area contributed by atoms with Crippen LogP contribution in [0.5, 0.6) is 0 Å². The van der Waals surface area contributed by atoms with Gasteiger partial charge < -0.3 is 49.7 Å². The smallest absolute Gasteiger partial charge is 0.330 e. The minimum atomic E-state index is -5.57. The molecule has 0 aliphatic carbocycles. The van der Waals surface area contributed by atoms with Crippen molar-refractivity contribution in [2.24, 2.45) is 0 Å². The molecule has 2 unspecified atom stereocenters. The average molecular weight is 602 g/mol. The third-order valence-corrected chi connectivity index (χ3v) is 11.7. The minimum absolute atomic E-state index is 0.455. The van der Waals surface area contributed by atoms with E-state index in [0.29, 0.717) is 9.13 Å². The quantitative estimate of drug-likeness (QED) is 0.138. The molecule has 21 heteroatoms. The van der Waals surface area contributed by atoms with E-state index in [-0.39, 0.29) is 0 Å². The number of aromatic nitrogens is 4. The fourth-order valence-corrected chi connectivity index (χ4v) is 9.77. The molecule has 10 atom stereocenters. The fourth-order valence-electron chi connectivity index (χ4n) is 4.42. The van der Waals surface area contributed by atoms with Crippen LogP contribution in [0.25, 0.3) is 0 Å². The van der Waals surface area contributed by atoms with Gasteiger partial charge in [-0.05, 0) is 10.1 Å². The van der Waals surface area contributed by atoms with Crippen LogP contribution in [-0.2, 0) is 19.5 Å². The van der Waals surface area contributed by atoms with Gasteiger partial charge in [0.25, 0.3) is 17.8 Å². The third-order valence-electron chi connectivity index (χ3n) is 6.21. The topological polar surface area (TPSA) is 290 Å². The van der Waals surface area contributed by atoms with Crippen LogP contribution in [0.1, 0.15) is 12.5 Å². The highest BCUT2D eigenvalue weighted by Crippen LogP contribution is 2.52. The van der Waals surface area contributed by atoms with Gasteiger partial charge in [-0.25, -0.2) is 14.0 Å². The number of aliphatic hydroxyl groups excluding tert-OH is 4. The van der Waals surface area contributed by atoms with E-state index in [4.69, 9.17) is 9.47 Å². The molecular formula is C18H24FN4O14PS. The second-order valence-corrected chi connectivity index (χ2v) is 14.0. The van der Waals surface area contributed by atoms with Crippen LogP contribution in [0.2, 0.25) is 0 Å². The number of aromatic amines is 2. The Kier molecular flexibility index (Phi) is 8.04. The molecule has 2 aliphatic heterocycles. The molecule has 18 nitrogen and oxygen atoms in total. The van der Waals surface area contributed by atoms with Gasteiger partial charge in [0.15, 0.2) is 23.6 Å². The highest BCUT2D eigenvalue weighted by atomic mass is 32.5. The predicted molar refractivity (Wildman–Crippen MR) is 126 cm³/mol. The Morgan fingerprint density at radius 3 is 1.95 bits per heavy atom. The number of aliphatic hydroxyl groups is 5. The molecule has 39 heavy (non-hydrogen) atoms. The van der Waals surface area contributed by atoms with Gasteiger partial charge >= 0.3 is 11.4 Å². The summed E-state index contributed by atoms with van der Waals surface area (Å²) in [6.45, 7) is -6.82. The van der Waals surface area contributed by atoms with Gasteiger partial charge in [0.05, 0.1) is 6.61 Å². The average Bonchev–Trinajstić information content (AvgIpc) is 3.26. The highest BCUT2D eigenvalue weighted by Gasteiger charge is 2.64.